The molecule has 0 saturated carbocycles. The fourth-order valence-corrected chi connectivity index (χ4v) is 0.524. The van der Waals surface area contributed by atoms with Gasteiger partial charge in [0.1, 0.15) is 0 Å². The first-order valence-electron chi connectivity index (χ1n) is 2.64. The summed E-state index contributed by atoms with van der Waals surface area (Å²) in [6.45, 7) is 1.62. The van der Waals surface area contributed by atoms with Crippen LogP contribution in [0.4, 0.5) is 0 Å². The molecule has 3 heteroatoms. The van der Waals surface area contributed by atoms with E-state index in [-0.39, 0.29) is 0 Å². The minimum atomic E-state index is 0.495. The first-order valence-corrected chi connectivity index (χ1v) is 2.64. The molecule has 3 N–H and O–H groups in total. The van der Waals surface area contributed by atoms with E-state index in [4.69, 9.17) is 10.5 Å². The summed E-state index contributed by atoms with van der Waals surface area (Å²) in [5, 5.41) is 3.04. The predicted molar refractivity (Wildman–Crippen MR) is 31.1 cm³/mol. The van der Waals surface area contributed by atoms with Gasteiger partial charge in [-0.05, 0) is 0 Å². The summed E-state index contributed by atoms with van der Waals surface area (Å²) < 4.78 is 4.89. The van der Waals surface area contributed by atoms with Crippen LogP contribution in [0.5, 0.6) is 0 Å². The minimum absolute atomic E-state index is 0.495. The predicted octanol–water partition coefficient (Wildman–Crippen LogP) is -0.595. The van der Waals surface area contributed by atoms with E-state index in [1.165, 1.54) is 6.20 Å². The zero-order valence-electron chi connectivity index (χ0n) is 4.63. The summed E-state index contributed by atoms with van der Waals surface area (Å²) in [5.41, 5.74) is 5.07. The van der Waals surface area contributed by atoms with Crippen molar-refractivity contribution < 1.29 is 4.74 Å². The summed E-state index contributed by atoms with van der Waals surface area (Å²) in [4.78, 5) is 0. The molecule has 0 aromatic rings. The smallest absolute Gasteiger partial charge is 0.0724 e. The second-order valence-corrected chi connectivity index (χ2v) is 1.76. The molecule has 0 bridgehead atoms. The maximum atomic E-state index is 5.07. The van der Waals surface area contributed by atoms with Crippen molar-refractivity contribution in [3.05, 3.63) is 12.4 Å². The van der Waals surface area contributed by atoms with Crippen molar-refractivity contribution in [2.45, 2.75) is 6.04 Å². The molecule has 0 amide bonds. The van der Waals surface area contributed by atoms with E-state index in [1.54, 1.807) is 6.20 Å². The average Bonchev–Trinajstić information content (AvgIpc) is 1.63. The van der Waals surface area contributed by atoms with Gasteiger partial charge in [-0.25, -0.2) is 0 Å². The molecule has 0 spiro atoms. The summed E-state index contributed by atoms with van der Waals surface area (Å²) in [6, 6.07) is 0.495. The van der Waals surface area contributed by atoms with Gasteiger partial charge in [0.15, 0.2) is 0 Å². The van der Waals surface area contributed by atoms with E-state index >= 15 is 0 Å². The summed E-state index contributed by atoms with van der Waals surface area (Å²) in [6.07, 6.45) is 3.21. The Hall–Kier alpha value is -0.700. The monoisotopic (exact) mass is 114 g/mol. The molecule has 0 aromatic heterocycles. The van der Waals surface area contributed by atoms with Gasteiger partial charge in [-0.2, -0.15) is 0 Å². The summed E-state index contributed by atoms with van der Waals surface area (Å²) in [7, 11) is 0. The van der Waals surface area contributed by atoms with Gasteiger partial charge in [-0.3, -0.25) is 0 Å². The van der Waals surface area contributed by atoms with Crippen LogP contribution < -0.4 is 11.1 Å². The minimum Gasteiger partial charge on any atom is -0.403 e. The van der Waals surface area contributed by atoms with Gasteiger partial charge in [-0.15, -0.1) is 0 Å². The van der Waals surface area contributed by atoms with Crippen LogP contribution in [0.1, 0.15) is 0 Å². The molecule has 0 atom stereocenters. The highest BCUT2D eigenvalue weighted by Crippen LogP contribution is 1.97. The normalized spacial score (nSPS) is 21.0. The Morgan fingerprint density at radius 1 is 1.62 bits per heavy atom. The maximum absolute atomic E-state index is 5.07. The van der Waals surface area contributed by atoms with Gasteiger partial charge < -0.3 is 15.8 Å². The number of rotatable bonds is 2. The van der Waals surface area contributed by atoms with Crippen molar-refractivity contribution in [3.8, 4) is 0 Å². The first-order chi connectivity index (χ1) is 3.93. The Morgan fingerprint density at radius 2 is 2.38 bits per heavy atom. The highest BCUT2D eigenvalue weighted by molar-refractivity contribution is 4.82. The first kappa shape index (κ1) is 5.44. The molecule has 1 aliphatic rings. The molecule has 3 nitrogen and oxygen atoms in total. The Kier molecular flexibility index (Phi) is 1.75. The topological polar surface area (TPSA) is 47.3 Å². The van der Waals surface area contributed by atoms with Crippen LogP contribution in [0.3, 0.4) is 0 Å². The lowest BCUT2D eigenvalue weighted by Gasteiger charge is -2.25. The number of nitrogens with one attached hydrogen (secondary N) is 1. The SMILES string of the molecule is N/C=C\NC1COC1. The zero-order valence-corrected chi connectivity index (χ0v) is 4.63. The summed E-state index contributed by atoms with van der Waals surface area (Å²) >= 11 is 0. The molecule has 0 unspecified atom stereocenters. The van der Waals surface area contributed by atoms with Crippen LogP contribution in [-0.2, 0) is 4.74 Å². The van der Waals surface area contributed by atoms with Crippen LogP contribution in [0, 0.1) is 0 Å². The van der Waals surface area contributed by atoms with Crippen molar-refractivity contribution in [3.63, 3.8) is 0 Å². The van der Waals surface area contributed by atoms with Crippen molar-refractivity contribution in [1.29, 1.82) is 0 Å². The van der Waals surface area contributed by atoms with Gasteiger partial charge in [0.25, 0.3) is 0 Å². The molecule has 1 rings (SSSR count). The Bertz CT molecular complexity index is 88.4. The third-order valence-electron chi connectivity index (χ3n) is 1.07. The highest BCUT2D eigenvalue weighted by atomic mass is 16.5. The third kappa shape index (κ3) is 1.13. The lowest BCUT2D eigenvalue weighted by atomic mass is 10.3. The van der Waals surface area contributed by atoms with Crippen LogP contribution >= 0.6 is 0 Å². The lowest BCUT2D eigenvalue weighted by molar-refractivity contribution is 0.000749. The standard InChI is InChI=1S/C5H10N2O/c6-1-2-7-5-3-8-4-5/h1-2,5,7H,3-4,6H2/b2-1-. The average molecular weight is 114 g/mol. The number of hydrogen-bond donors (Lipinski definition) is 2. The number of nitrogens with two attached hydrogens (primary N) is 1. The van der Waals surface area contributed by atoms with Gasteiger partial charge in [0, 0.05) is 12.4 Å². The van der Waals surface area contributed by atoms with Crippen molar-refractivity contribution in [2.75, 3.05) is 13.2 Å². The molecule has 1 fully saturated rings. The number of hydrogen-bond acceptors (Lipinski definition) is 3. The van der Waals surface area contributed by atoms with E-state index in [9.17, 15) is 0 Å². The molecule has 1 aliphatic heterocycles. The van der Waals surface area contributed by atoms with E-state index < -0.39 is 0 Å². The van der Waals surface area contributed by atoms with Crippen LogP contribution in [0.25, 0.3) is 0 Å². The van der Waals surface area contributed by atoms with Crippen molar-refractivity contribution >= 4 is 0 Å². The summed E-state index contributed by atoms with van der Waals surface area (Å²) in [5.74, 6) is 0. The largest absolute Gasteiger partial charge is 0.403 e. The van der Waals surface area contributed by atoms with Gasteiger partial charge in [0.2, 0.25) is 0 Å². The fourth-order valence-electron chi connectivity index (χ4n) is 0.524. The van der Waals surface area contributed by atoms with Crippen LogP contribution in [-0.4, -0.2) is 19.3 Å². The van der Waals surface area contributed by atoms with Gasteiger partial charge in [0.05, 0.1) is 19.3 Å². The molecule has 1 heterocycles. The van der Waals surface area contributed by atoms with Crippen molar-refractivity contribution in [2.24, 2.45) is 5.73 Å². The van der Waals surface area contributed by atoms with Crippen LogP contribution in [0.2, 0.25) is 0 Å². The lowest BCUT2D eigenvalue weighted by Crippen LogP contribution is -2.43. The number of ether oxygens (including phenoxy) is 1. The van der Waals surface area contributed by atoms with E-state index in [2.05, 4.69) is 5.32 Å². The zero-order chi connectivity index (χ0) is 5.82. The molecule has 0 aromatic carbocycles. The maximum Gasteiger partial charge on any atom is 0.0724 e. The second kappa shape index (κ2) is 2.57. The Morgan fingerprint density at radius 3 is 2.75 bits per heavy atom. The molecular formula is C5H10N2O. The Labute approximate surface area is 48.5 Å². The quantitative estimate of drug-likeness (QED) is 0.504. The molecule has 1 saturated heterocycles. The Balaban J connectivity index is 2.01. The van der Waals surface area contributed by atoms with Crippen molar-refractivity contribution in [1.82, 2.24) is 5.32 Å². The third-order valence-corrected chi connectivity index (χ3v) is 1.07. The molecular weight excluding hydrogens is 104 g/mol. The van der Waals surface area contributed by atoms with Gasteiger partial charge in [-0.1, -0.05) is 0 Å². The molecule has 0 aliphatic carbocycles. The molecule has 0 radical (unpaired) electrons. The second-order valence-electron chi connectivity index (χ2n) is 1.76. The van der Waals surface area contributed by atoms with E-state index in [1.807, 2.05) is 0 Å². The molecule has 46 valence electrons. The fraction of sp³-hybridized carbons (Fsp3) is 0.600. The van der Waals surface area contributed by atoms with E-state index in [0.717, 1.165) is 13.2 Å². The van der Waals surface area contributed by atoms with Crippen LogP contribution in [0.15, 0.2) is 12.4 Å². The molecule has 8 heavy (non-hydrogen) atoms. The van der Waals surface area contributed by atoms with E-state index in [0.29, 0.717) is 6.04 Å². The van der Waals surface area contributed by atoms with Gasteiger partial charge >= 0.3 is 0 Å². The highest BCUT2D eigenvalue weighted by Gasteiger charge is 2.14.